The van der Waals surface area contributed by atoms with Crippen molar-refractivity contribution in [3.8, 4) is 11.3 Å². The molecule has 1 N–H and O–H groups in total. The van der Waals surface area contributed by atoms with E-state index >= 15 is 0 Å². The van der Waals surface area contributed by atoms with Gasteiger partial charge in [-0.25, -0.2) is 9.18 Å². The van der Waals surface area contributed by atoms with Crippen molar-refractivity contribution < 1.29 is 18.8 Å². The van der Waals surface area contributed by atoms with Gasteiger partial charge in [0, 0.05) is 12.0 Å². The standard InChI is InChI=1S/C14H13ClFNO3/c1-7(2)5-11-12(14(18)19)13(17-20-11)8-3-4-9(15)10(16)6-8/h3-4,6-7H,5H2,1-2H3,(H,18,19). The molecule has 106 valence electrons. The van der Waals surface area contributed by atoms with Gasteiger partial charge in [-0.2, -0.15) is 0 Å². The van der Waals surface area contributed by atoms with Crippen LogP contribution in [0.5, 0.6) is 0 Å². The minimum atomic E-state index is -1.15. The summed E-state index contributed by atoms with van der Waals surface area (Å²) in [4.78, 5) is 11.4. The average molecular weight is 298 g/mol. The number of benzene rings is 1. The number of carbonyl (C=O) groups is 1. The summed E-state index contributed by atoms with van der Waals surface area (Å²) in [5, 5.41) is 13.0. The lowest BCUT2D eigenvalue weighted by atomic mass is 10.0. The van der Waals surface area contributed by atoms with Crippen molar-refractivity contribution in [2.75, 3.05) is 0 Å². The fourth-order valence-electron chi connectivity index (χ4n) is 1.90. The van der Waals surface area contributed by atoms with Crippen molar-refractivity contribution in [2.45, 2.75) is 20.3 Å². The second kappa shape index (κ2) is 5.63. The first kappa shape index (κ1) is 14.5. The van der Waals surface area contributed by atoms with E-state index in [-0.39, 0.29) is 28.0 Å². The molecule has 1 aromatic heterocycles. The maximum atomic E-state index is 13.5. The molecule has 20 heavy (non-hydrogen) atoms. The molecule has 0 radical (unpaired) electrons. The molecule has 0 amide bonds. The van der Waals surface area contributed by atoms with E-state index in [1.54, 1.807) is 0 Å². The van der Waals surface area contributed by atoms with E-state index in [1.165, 1.54) is 12.1 Å². The molecule has 0 atom stereocenters. The molecule has 0 saturated carbocycles. The van der Waals surface area contributed by atoms with Crippen LogP contribution in [0.3, 0.4) is 0 Å². The zero-order valence-corrected chi connectivity index (χ0v) is 11.7. The lowest BCUT2D eigenvalue weighted by molar-refractivity contribution is 0.0695. The number of carboxylic acids is 1. The van der Waals surface area contributed by atoms with Crippen LogP contribution >= 0.6 is 11.6 Å². The lowest BCUT2D eigenvalue weighted by Gasteiger charge is -2.03. The predicted octanol–water partition coefficient (Wildman–Crippen LogP) is 4.03. The molecule has 0 saturated heterocycles. The maximum Gasteiger partial charge on any atom is 0.341 e. The van der Waals surface area contributed by atoms with E-state index in [4.69, 9.17) is 16.1 Å². The normalized spacial score (nSPS) is 11.1. The van der Waals surface area contributed by atoms with Crippen LogP contribution in [-0.4, -0.2) is 16.2 Å². The van der Waals surface area contributed by atoms with Crippen LogP contribution in [0.1, 0.15) is 30.0 Å². The van der Waals surface area contributed by atoms with Crippen molar-refractivity contribution in [2.24, 2.45) is 5.92 Å². The maximum absolute atomic E-state index is 13.5. The van der Waals surface area contributed by atoms with E-state index in [2.05, 4.69) is 5.16 Å². The van der Waals surface area contributed by atoms with Crippen LogP contribution in [0, 0.1) is 11.7 Å². The highest BCUT2D eigenvalue weighted by molar-refractivity contribution is 6.30. The fraction of sp³-hybridized carbons (Fsp3) is 0.286. The van der Waals surface area contributed by atoms with E-state index in [0.29, 0.717) is 12.0 Å². The Hall–Kier alpha value is -1.88. The molecular formula is C14H13ClFNO3. The molecule has 1 aromatic carbocycles. The summed E-state index contributed by atoms with van der Waals surface area (Å²) in [6.45, 7) is 3.88. The van der Waals surface area contributed by atoms with Crippen molar-refractivity contribution >= 4 is 17.6 Å². The van der Waals surface area contributed by atoms with Crippen molar-refractivity contribution in [1.82, 2.24) is 5.16 Å². The van der Waals surface area contributed by atoms with Gasteiger partial charge in [0.25, 0.3) is 0 Å². The smallest absolute Gasteiger partial charge is 0.341 e. The topological polar surface area (TPSA) is 63.3 Å². The first-order chi connectivity index (χ1) is 9.40. The Balaban J connectivity index is 2.53. The number of rotatable bonds is 4. The molecule has 1 heterocycles. The number of carboxylic acid groups (broad SMARTS) is 1. The van der Waals surface area contributed by atoms with Crippen LogP contribution in [0.15, 0.2) is 22.7 Å². The summed E-state index contributed by atoms with van der Waals surface area (Å²) in [7, 11) is 0. The number of aromatic nitrogens is 1. The summed E-state index contributed by atoms with van der Waals surface area (Å²) in [6, 6.07) is 4.01. The van der Waals surface area contributed by atoms with E-state index in [9.17, 15) is 14.3 Å². The van der Waals surface area contributed by atoms with E-state index < -0.39 is 11.8 Å². The van der Waals surface area contributed by atoms with Crippen molar-refractivity contribution in [3.05, 3.63) is 40.4 Å². The Kier molecular flexibility index (Phi) is 4.09. The van der Waals surface area contributed by atoms with Crippen molar-refractivity contribution in [3.63, 3.8) is 0 Å². The monoisotopic (exact) mass is 297 g/mol. The Bertz CT molecular complexity index is 652. The highest BCUT2D eigenvalue weighted by Gasteiger charge is 2.24. The number of aromatic carboxylic acids is 1. The molecule has 4 nitrogen and oxygen atoms in total. The molecule has 0 aliphatic rings. The SMILES string of the molecule is CC(C)Cc1onc(-c2ccc(Cl)c(F)c2)c1C(=O)O. The molecule has 0 fully saturated rings. The largest absolute Gasteiger partial charge is 0.477 e. The van der Waals surface area contributed by atoms with Gasteiger partial charge < -0.3 is 9.63 Å². The van der Waals surface area contributed by atoms with Crippen LogP contribution in [0.2, 0.25) is 5.02 Å². The average Bonchev–Trinajstić information content (AvgIpc) is 2.75. The molecule has 0 aliphatic carbocycles. The number of hydrogen-bond donors (Lipinski definition) is 1. The third-order valence-corrected chi connectivity index (χ3v) is 3.07. The first-order valence-corrected chi connectivity index (χ1v) is 6.45. The Morgan fingerprint density at radius 3 is 2.75 bits per heavy atom. The zero-order chi connectivity index (χ0) is 14.9. The fourth-order valence-corrected chi connectivity index (χ4v) is 2.01. The Morgan fingerprint density at radius 2 is 2.20 bits per heavy atom. The summed E-state index contributed by atoms with van der Waals surface area (Å²) in [6.07, 6.45) is 0.449. The number of nitrogens with zero attached hydrogens (tertiary/aromatic N) is 1. The van der Waals surface area contributed by atoms with Crippen LogP contribution < -0.4 is 0 Å². The molecule has 2 aromatic rings. The second-order valence-corrected chi connectivity index (χ2v) is 5.27. The van der Waals surface area contributed by atoms with Crippen molar-refractivity contribution in [1.29, 1.82) is 0 Å². The molecule has 0 bridgehead atoms. The zero-order valence-electron chi connectivity index (χ0n) is 11.0. The highest BCUT2D eigenvalue weighted by atomic mass is 35.5. The minimum absolute atomic E-state index is 0.0274. The second-order valence-electron chi connectivity index (χ2n) is 4.86. The molecule has 0 spiro atoms. The molecule has 2 rings (SSSR count). The Morgan fingerprint density at radius 1 is 1.50 bits per heavy atom. The molecule has 0 unspecified atom stereocenters. The quantitative estimate of drug-likeness (QED) is 0.925. The van der Waals surface area contributed by atoms with Gasteiger partial charge in [-0.15, -0.1) is 0 Å². The van der Waals surface area contributed by atoms with E-state index in [0.717, 1.165) is 6.07 Å². The van der Waals surface area contributed by atoms with Gasteiger partial charge in [-0.05, 0) is 18.1 Å². The highest BCUT2D eigenvalue weighted by Crippen LogP contribution is 2.29. The first-order valence-electron chi connectivity index (χ1n) is 6.07. The van der Waals surface area contributed by atoms with Gasteiger partial charge in [0.15, 0.2) is 5.76 Å². The predicted molar refractivity (Wildman–Crippen MR) is 72.4 cm³/mol. The summed E-state index contributed by atoms with van der Waals surface area (Å²) in [5.41, 5.74) is 0.409. The molecular weight excluding hydrogens is 285 g/mol. The number of hydrogen-bond acceptors (Lipinski definition) is 3. The summed E-state index contributed by atoms with van der Waals surface area (Å²) < 4.78 is 18.6. The van der Waals surface area contributed by atoms with Gasteiger partial charge >= 0.3 is 5.97 Å². The van der Waals surface area contributed by atoms with Crippen LogP contribution in [0.4, 0.5) is 4.39 Å². The van der Waals surface area contributed by atoms with Gasteiger partial charge in [0.1, 0.15) is 17.1 Å². The van der Waals surface area contributed by atoms with Gasteiger partial charge in [-0.1, -0.05) is 36.7 Å². The van der Waals surface area contributed by atoms with Gasteiger partial charge in [0.2, 0.25) is 0 Å². The third-order valence-electron chi connectivity index (χ3n) is 2.76. The summed E-state index contributed by atoms with van der Waals surface area (Å²) in [5.74, 6) is -1.27. The molecule has 6 heteroatoms. The Labute approximate surface area is 120 Å². The minimum Gasteiger partial charge on any atom is -0.477 e. The third kappa shape index (κ3) is 2.82. The summed E-state index contributed by atoms with van der Waals surface area (Å²) >= 11 is 5.61. The van der Waals surface area contributed by atoms with Crippen LogP contribution in [0.25, 0.3) is 11.3 Å². The molecule has 0 aliphatic heterocycles. The van der Waals surface area contributed by atoms with Gasteiger partial charge in [0.05, 0.1) is 5.02 Å². The number of halogens is 2. The lowest BCUT2D eigenvalue weighted by Crippen LogP contribution is -2.04. The van der Waals surface area contributed by atoms with E-state index in [1.807, 2.05) is 13.8 Å². The van der Waals surface area contributed by atoms with Crippen LogP contribution in [-0.2, 0) is 6.42 Å². The van der Waals surface area contributed by atoms with Gasteiger partial charge in [-0.3, -0.25) is 0 Å².